The molecule has 0 bridgehead atoms. The van der Waals surface area contributed by atoms with Gasteiger partial charge >= 0.3 is 0 Å². The van der Waals surface area contributed by atoms with E-state index in [1.807, 2.05) is 0 Å². The van der Waals surface area contributed by atoms with Gasteiger partial charge in [-0.25, -0.2) is 19.8 Å². The predicted molar refractivity (Wildman–Crippen MR) is 71.5 cm³/mol. The van der Waals surface area contributed by atoms with Crippen molar-refractivity contribution in [2.45, 2.75) is 13.3 Å². The molecule has 0 saturated carbocycles. The molecule has 2 heterocycles. The van der Waals surface area contributed by atoms with Crippen LogP contribution in [-0.2, 0) is 4.79 Å². The normalized spacial score (nSPS) is 14.1. The van der Waals surface area contributed by atoms with Crippen LogP contribution >= 0.6 is 0 Å². The Kier molecular flexibility index (Phi) is 2.98. The fourth-order valence-electron chi connectivity index (χ4n) is 2.02. The maximum absolute atomic E-state index is 13.3. The van der Waals surface area contributed by atoms with E-state index in [0.717, 1.165) is 0 Å². The first-order chi connectivity index (χ1) is 9.61. The summed E-state index contributed by atoms with van der Waals surface area (Å²) in [6, 6.07) is 7.89. The largest absolute Gasteiger partial charge is 0.273 e. The highest BCUT2D eigenvalue weighted by Gasteiger charge is 2.18. The molecule has 0 aliphatic carbocycles. The maximum atomic E-state index is 13.3. The fourth-order valence-corrected chi connectivity index (χ4v) is 2.02. The van der Waals surface area contributed by atoms with E-state index in [2.05, 4.69) is 20.5 Å². The molecule has 1 aromatic carbocycles. The summed E-state index contributed by atoms with van der Waals surface area (Å²) in [4.78, 5) is 19.8. The van der Waals surface area contributed by atoms with Gasteiger partial charge in [-0.2, -0.15) is 5.10 Å². The number of halogens is 1. The Hall–Kier alpha value is -2.63. The van der Waals surface area contributed by atoms with Crippen molar-refractivity contribution >= 4 is 11.6 Å². The maximum Gasteiger partial charge on any atom is 0.246 e. The lowest BCUT2D eigenvalue weighted by Gasteiger charge is -2.05. The molecule has 0 unspecified atom stereocenters. The van der Waals surface area contributed by atoms with Gasteiger partial charge in [0.15, 0.2) is 0 Å². The van der Waals surface area contributed by atoms with Gasteiger partial charge in [0.25, 0.3) is 0 Å². The summed E-state index contributed by atoms with van der Waals surface area (Å²) in [5, 5.41) is 3.93. The highest BCUT2D eigenvalue weighted by molar-refractivity contribution is 6.12. The molecule has 1 aromatic heterocycles. The Labute approximate surface area is 114 Å². The van der Waals surface area contributed by atoms with Crippen molar-refractivity contribution in [2.75, 3.05) is 0 Å². The van der Waals surface area contributed by atoms with Crippen LogP contribution < -0.4 is 5.43 Å². The Morgan fingerprint density at radius 1 is 1.20 bits per heavy atom. The molecule has 2 aromatic rings. The summed E-state index contributed by atoms with van der Waals surface area (Å²) >= 11 is 0. The second-order valence-electron chi connectivity index (χ2n) is 4.47. The smallest absolute Gasteiger partial charge is 0.246 e. The average molecular weight is 270 g/mol. The average Bonchev–Trinajstić information content (AvgIpc) is 2.85. The molecule has 100 valence electrons. The minimum atomic E-state index is -0.324. The molecule has 0 fully saturated rings. The Morgan fingerprint density at radius 2 is 2.00 bits per heavy atom. The zero-order valence-corrected chi connectivity index (χ0v) is 10.7. The minimum absolute atomic E-state index is 0.163. The third-order valence-corrected chi connectivity index (χ3v) is 2.90. The first kappa shape index (κ1) is 12.4. The lowest BCUT2D eigenvalue weighted by atomic mass is 10.1. The van der Waals surface area contributed by atoms with Crippen molar-refractivity contribution in [3.63, 3.8) is 0 Å². The van der Waals surface area contributed by atoms with Crippen LogP contribution in [0, 0.1) is 12.7 Å². The highest BCUT2D eigenvalue weighted by Crippen LogP contribution is 2.20. The van der Waals surface area contributed by atoms with E-state index in [0.29, 0.717) is 28.5 Å². The third kappa shape index (κ3) is 2.40. The number of benzene rings is 1. The van der Waals surface area contributed by atoms with Crippen LogP contribution in [0.15, 0.2) is 35.4 Å². The molecule has 1 N–H and O–H groups in total. The number of hydrogen-bond donors (Lipinski definition) is 1. The van der Waals surface area contributed by atoms with Gasteiger partial charge in [-0.3, -0.25) is 4.79 Å². The minimum Gasteiger partial charge on any atom is -0.273 e. The summed E-state index contributed by atoms with van der Waals surface area (Å²) < 4.78 is 13.3. The van der Waals surface area contributed by atoms with Crippen LogP contribution in [0.3, 0.4) is 0 Å². The molecular weight excluding hydrogens is 259 g/mol. The number of nitrogens with zero attached hydrogens (tertiary/aromatic N) is 3. The molecule has 20 heavy (non-hydrogen) atoms. The zero-order chi connectivity index (χ0) is 14.1. The van der Waals surface area contributed by atoms with Gasteiger partial charge in [0.1, 0.15) is 11.6 Å². The van der Waals surface area contributed by atoms with E-state index in [-0.39, 0.29) is 18.1 Å². The van der Waals surface area contributed by atoms with Gasteiger partial charge in [-0.15, -0.1) is 0 Å². The van der Waals surface area contributed by atoms with Gasteiger partial charge in [0.05, 0.1) is 23.5 Å². The van der Waals surface area contributed by atoms with Crippen molar-refractivity contribution in [1.82, 2.24) is 15.4 Å². The van der Waals surface area contributed by atoms with E-state index in [4.69, 9.17) is 0 Å². The second kappa shape index (κ2) is 4.80. The van der Waals surface area contributed by atoms with E-state index >= 15 is 0 Å². The van der Waals surface area contributed by atoms with Gasteiger partial charge in [0.2, 0.25) is 5.91 Å². The Balaban J connectivity index is 2.05. The summed E-state index contributed by atoms with van der Waals surface area (Å²) in [5.74, 6) is 0.0581. The first-order valence-electron chi connectivity index (χ1n) is 6.09. The number of carbonyl (C=O) groups excluding carboxylic acids is 1. The van der Waals surface area contributed by atoms with Crippen molar-refractivity contribution in [3.8, 4) is 11.3 Å². The molecule has 0 spiro atoms. The summed E-state index contributed by atoms with van der Waals surface area (Å²) in [5.41, 5.74) is 4.80. The monoisotopic (exact) mass is 270 g/mol. The molecule has 0 radical (unpaired) electrons. The number of aryl methyl sites for hydroxylation is 1. The molecule has 0 saturated heterocycles. The van der Waals surface area contributed by atoms with E-state index in [9.17, 15) is 9.18 Å². The second-order valence-corrected chi connectivity index (χ2v) is 4.47. The van der Waals surface area contributed by atoms with Gasteiger partial charge in [-0.1, -0.05) is 12.1 Å². The van der Waals surface area contributed by atoms with Gasteiger partial charge in [-0.05, 0) is 25.1 Å². The Morgan fingerprint density at radius 3 is 2.70 bits per heavy atom. The lowest BCUT2D eigenvalue weighted by Crippen LogP contribution is -2.10. The quantitative estimate of drug-likeness (QED) is 0.905. The number of hydrazone groups is 1. The van der Waals surface area contributed by atoms with Crippen LogP contribution in [0.4, 0.5) is 4.39 Å². The van der Waals surface area contributed by atoms with Crippen LogP contribution in [0.1, 0.15) is 17.9 Å². The molecule has 5 nitrogen and oxygen atoms in total. The number of rotatable bonds is 2. The van der Waals surface area contributed by atoms with Crippen molar-refractivity contribution in [1.29, 1.82) is 0 Å². The standard InChI is InChI=1S/C14H11FN4O/c1-8-16-11(9-3-2-4-10(15)5-9)6-12(17-8)13-7-14(20)19-18-13/h2-6H,7H2,1H3,(H,19,20). The predicted octanol–water partition coefficient (Wildman–Crippen LogP) is 1.82. The van der Waals surface area contributed by atoms with Crippen molar-refractivity contribution < 1.29 is 9.18 Å². The number of aromatic nitrogens is 2. The summed E-state index contributed by atoms with van der Waals surface area (Å²) in [6.07, 6.45) is 0.193. The molecule has 1 aliphatic heterocycles. The molecule has 1 aliphatic rings. The van der Waals surface area contributed by atoms with E-state index in [1.165, 1.54) is 12.1 Å². The summed E-state index contributed by atoms with van der Waals surface area (Å²) in [7, 11) is 0. The molecule has 3 rings (SSSR count). The first-order valence-corrected chi connectivity index (χ1v) is 6.09. The number of nitrogens with one attached hydrogen (secondary N) is 1. The number of amides is 1. The third-order valence-electron chi connectivity index (χ3n) is 2.90. The van der Waals surface area contributed by atoms with Gasteiger partial charge in [0, 0.05) is 5.56 Å². The highest BCUT2D eigenvalue weighted by atomic mass is 19.1. The van der Waals surface area contributed by atoms with Crippen LogP contribution in [0.25, 0.3) is 11.3 Å². The molecule has 0 atom stereocenters. The van der Waals surface area contributed by atoms with Crippen molar-refractivity contribution in [2.24, 2.45) is 5.10 Å². The van der Waals surface area contributed by atoms with E-state index in [1.54, 1.807) is 25.1 Å². The molecule has 6 heteroatoms. The lowest BCUT2D eigenvalue weighted by molar-refractivity contribution is -0.119. The molecular formula is C14H11FN4O. The van der Waals surface area contributed by atoms with Gasteiger partial charge < -0.3 is 0 Å². The van der Waals surface area contributed by atoms with Crippen LogP contribution in [0.5, 0.6) is 0 Å². The number of hydrogen-bond acceptors (Lipinski definition) is 4. The Bertz CT molecular complexity index is 727. The van der Waals surface area contributed by atoms with Crippen LogP contribution in [0.2, 0.25) is 0 Å². The topological polar surface area (TPSA) is 67.2 Å². The van der Waals surface area contributed by atoms with Crippen molar-refractivity contribution in [3.05, 3.63) is 47.7 Å². The summed E-state index contributed by atoms with van der Waals surface area (Å²) in [6.45, 7) is 1.75. The SMILES string of the molecule is Cc1nc(C2=NNC(=O)C2)cc(-c2cccc(F)c2)n1. The zero-order valence-electron chi connectivity index (χ0n) is 10.7. The molecule has 1 amide bonds. The number of carbonyl (C=O) groups is 1. The van der Waals surface area contributed by atoms with E-state index < -0.39 is 0 Å². The fraction of sp³-hybridized carbons (Fsp3) is 0.143. The van der Waals surface area contributed by atoms with Crippen LogP contribution in [-0.4, -0.2) is 21.6 Å².